The topological polar surface area (TPSA) is 34.1 Å². The van der Waals surface area contributed by atoms with Crippen molar-refractivity contribution in [2.45, 2.75) is 9.79 Å². The molecule has 2 nitrogen and oxygen atoms in total. The van der Waals surface area contributed by atoms with Crippen LogP contribution in [0.25, 0.3) is 10.8 Å². The molecule has 21 heavy (non-hydrogen) atoms. The lowest BCUT2D eigenvalue weighted by atomic mass is 10.1. The summed E-state index contributed by atoms with van der Waals surface area (Å²) < 4.78 is 38.4. The van der Waals surface area contributed by atoms with Gasteiger partial charge in [0, 0.05) is 15.8 Å². The van der Waals surface area contributed by atoms with Gasteiger partial charge in [-0.2, -0.15) is 0 Å². The number of hydrogen-bond donors (Lipinski definition) is 0. The van der Waals surface area contributed by atoms with Crippen LogP contribution in [0, 0.1) is 5.82 Å². The van der Waals surface area contributed by atoms with E-state index >= 15 is 0 Å². The van der Waals surface area contributed by atoms with Gasteiger partial charge in [-0.25, -0.2) is 12.8 Å². The van der Waals surface area contributed by atoms with E-state index in [9.17, 15) is 12.8 Å². The molecule has 0 spiro atoms. The summed E-state index contributed by atoms with van der Waals surface area (Å²) in [7, 11) is -3.72. The Morgan fingerprint density at radius 1 is 0.810 bits per heavy atom. The minimum absolute atomic E-state index is 0.0522. The van der Waals surface area contributed by atoms with Crippen LogP contribution in [0.1, 0.15) is 0 Å². The van der Waals surface area contributed by atoms with Crippen molar-refractivity contribution < 1.29 is 12.8 Å². The van der Waals surface area contributed by atoms with Gasteiger partial charge in [0.05, 0.1) is 9.79 Å². The van der Waals surface area contributed by atoms with Gasteiger partial charge in [0.1, 0.15) is 5.82 Å². The van der Waals surface area contributed by atoms with Gasteiger partial charge in [0.15, 0.2) is 0 Å². The van der Waals surface area contributed by atoms with Gasteiger partial charge in [-0.1, -0.05) is 35.9 Å². The van der Waals surface area contributed by atoms with Crippen LogP contribution in [-0.4, -0.2) is 8.42 Å². The zero-order valence-corrected chi connectivity index (χ0v) is 12.3. The van der Waals surface area contributed by atoms with Gasteiger partial charge in [-0.3, -0.25) is 0 Å². The monoisotopic (exact) mass is 320 g/mol. The molecule has 0 unspecified atom stereocenters. The Kier molecular flexibility index (Phi) is 3.43. The smallest absolute Gasteiger partial charge is 0.207 e. The standard InChI is InChI=1S/C16H10ClFO2S/c17-15-9-10-16(14-4-2-1-3-13(14)15)21(19,20)12-7-5-11(18)6-8-12/h1-10H. The van der Waals surface area contributed by atoms with Crippen molar-refractivity contribution >= 4 is 32.2 Å². The van der Waals surface area contributed by atoms with Crippen molar-refractivity contribution in [3.05, 3.63) is 71.5 Å². The molecule has 0 saturated carbocycles. The highest BCUT2D eigenvalue weighted by Crippen LogP contribution is 2.32. The van der Waals surface area contributed by atoms with E-state index in [1.807, 2.05) is 0 Å². The molecular weight excluding hydrogens is 311 g/mol. The first-order chi connectivity index (χ1) is 10.00. The summed E-state index contributed by atoms with van der Waals surface area (Å²) in [5.74, 6) is -0.477. The highest BCUT2D eigenvalue weighted by Gasteiger charge is 2.20. The van der Waals surface area contributed by atoms with Crippen molar-refractivity contribution in [3.8, 4) is 0 Å². The summed E-state index contributed by atoms with van der Waals surface area (Å²) in [6, 6.07) is 14.8. The molecule has 0 aromatic heterocycles. The largest absolute Gasteiger partial charge is 0.218 e. The minimum atomic E-state index is -3.72. The number of sulfone groups is 1. The normalized spacial score (nSPS) is 11.7. The first-order valence-electron chi connectivity index (χ1n) is 6.18. The second-order valence-corrected chi connectivity index (χ2v) is 6.87. The second-order valence-electron chi connectivity index (χ2n) is 4.55. The molecule has 0 aliphatic carbocycles. The lowest BCUT2D eigenvalue weighted by Gasteiger charge is -2.09. The molecule has 106 valence electrons. The Hall–Kier alpha value is -1.91. The third kappa shape index (κ3) is 2.41. The van der Waals surface area contributed by atoms with Crippen LogP contribution in [0.3, 0.4) is 0 Å². The maximum atomic E-state index is 13.0. The van der Waals surface area contributed by atoms with Gasteiger partial charge in [-0.15, -0.1) is 0 Å². The summed E-state index contributed by atoms with van der Waals surface area (Å²) >= 11 is 6.10. The predicted molar refractivity (Wildman–Crippen MR) is 80.8 cm³/mol. The molecule has 0 fully saturated rings. The Bertz CT molecular complexity index is 919. The fourth-order valence-corrected chi connectivity index (χ4v) is 3.90. The Morgan fingerprint density at radius 3 is 2.10 bits per heavy atom. The quantitative estimate of drug-likeness (QED) is 0.653. The van der Waals surface area contributed by atoms with Gasteiger partial charge in [0.2, 0.25) is 9.84 Å². The van der Waals surface area contributed by atoms with Crippen LogP contribution in [0.2, 0.25) is 5.02 Å². The molecule has 0 aliphatic rings. The van der Waals surface area contributed by atoms with Crippen LogP contribution < -0.4 is 0 Å². The first kappa shape index (κ1) is 14.0. The molecular formula is C16H10ClFO2S. The van der Waals surface area contributed by atoms with E-state index in [1.54, 1.807) is 30.3 Å². The minimum Gasteiger partial charge on any atom is -0.218 e. The van der Waals surface area contributed by atoms with Crippen molar-refractivity contribution in [2.24, 2.45) is 0 Å². The van der Waals surface area contributed by atoms with Crippen LogP contribution in [0.5, 0.6) is 0 Å². The second kappa shape index (κ2) is 5.13. The summed E-state index contributed by atoms with van der Waals surface area (Å²) in [6.07, 6.45) is 0. The molecule has 0 amide bonds. The number of hydrogen-bond acceptors (Lipinski definition) is 2. The zero-order valence-electron chi connectivity index (χ0n) is 10.8. The maximum absolute atomic E-state index is 13.0. The fraction of sp³-hybridized carbons (Fsp3) is 0. The third-order valence-electron chi connectivity index (χ3n) is 3.24. The van der Waals surface area contributed by atoms with E-state index in [0.717, 1.165) is 12.1 Å². The average Bonchev–Trinajstić information content (AvgIpc) is 2.48. The molecule has 0 radical (unpaired) electrons. The van der Waals surface area contributed by atoms with Crippen molar-refractivity contribution in [1.29, 1.82) is 0 Å². The molecule has 0 heterocycles. The van der Waals surface area contributed by atoms with E-state index in [2.05, 4.69) is 0 Å². The van der Waals surface area contributed by atoms with Crippen molar-refractivity contribution in [2.75, 3.05) is 0 Å². The first-order valence-corrected chi connectivity index (χ1v) is 8.04. The van der Waals surface area contributed by atoms with E-state index in [4.69, 9.17) is 11.6 Å². The SMILES string of the molecule is O=S(=O)(c1ccc(F)cc1)c1ccc(Cl)c2ccccc12. The molecule has 5 heteroatoms. The molecule has 3 aromatic carbocycles. The average molecular weight is 321 g/mol. The van der Waals surface area contributed by atoms with Crippen LogP contribution >= 0.6 is 11.6 Å². The lowest BCUT2D eigenvalue weighted by Crippen LogP contribution is -2.03. The van der Waals surface area contributed by atoms with Gasteiger partial charge in [0.25, 0.3) is 0 Å². The molecule has 0 N–H and O–H groups in total. The molecule has 3 rings (SSSR count). The number of benzene rings is 3. The van der Waals surface area contributed by atoms with Gasteiger partial charge in [-0.05, 0) is 36.4 Å². The predicted octanol–water partition coefficient (Wildman–Crippen LogP) is 4.47. The highest BCUT2D eigenvalue weighted by molar-refractivity contribution is 7.91. The van der Waals surface area contributed by atoms with Gasteiger partial charge < -0.3 is 0 Å². The van der Waals surface area contributed by atoms with Crippen LogP contribution in [-0.2, 0) is 9.84 Å². The maximum Gasteiger partial charge on any atom is 0.207 e. The highest BCUT2D eigenvalue weighted by atomic mass is 35.5. The Balaban J connectivity index is 2.29. The molecule has 3 aromatic rings. The van der Waals surface area contributed by atoms with E-state index < -0.39 is 15.7 Å². The van der Waals surface area contributed by atoms with E-state index in [0.29, 0.717) is 15.8 Å². The summed E-state index contributed by atoms with van der Waals surface area (Å²) in [4.78, 5) is 0.213. The third-order valence-corrected chi connectivity index (χ3v) is 5.40. The van der Waals surface area contributed by atoms with Crippen LogP contribution in [0.4, 0.5) is 4.39 Å². The zero-order chi connectivity index (χ0) is 15.0. The molecule has 0 bridgehead atoms. The van der Waals surface area contributed by atoms with Crippen molar-refractivity contribution in [3.63, 3.8) is 0 Å². The fourth-order valence-electron chi connectivity index (χ4n) is 2.21. The summed E-state index contributed by atoms with van der Waals surface area (Å²) in [6.45, 7) is 0. The number of fused-ring (bicyclic) bond motifs is 1. The lowest BCUT2D eigenvalue weighted by molar-refractivity contribution is 0.595. The molecule has 0 aliphatic heterocycles. The number of halogens is 2. The Morgan fingerprint density at radius 2 is 1.43 bits per heavy atom. The summed E-state index contributed by atoms with van der Waals surface area (Å²) in [5, 5.41) is 1.71. The number of rotatable bonds is 2. The van der Waals surface area contributed by atoms with Crippen molar-refractivity contribution in [1.82, 2.24) is 0 Å². The Labute approximate surface area is 126 Å². The van der Waals surface area contributed by atoms with Crippen LogP contribution in [0.15, 0.2) is 70.5 Å². The van der Waals surface area contributed by atoms with Gasteiger partial charge >= 0.3 is 0 Å². The van der Waals surface area contributed by atoms with E-state index in [-0.39, 0.29) is 9.79 Å². The summed E-state index contributed by atoms with van der Waals surface area (Å²) in [5.41, 5.74) is 0. The molecule has 0 atom stereocenters. The van der Waals surface area contributed by atoms with E-state index in [1.165, 1.54) is 18.2 Å². The molecule has 0 saturated heterocycles.